The quantitative estimate of drug-likeness (QED) is 0.863. The lowest BCUT2D eigenvalue weighted by Crippen LogP contribution is -2.05. The van der Waals surface area contributed by atoms with Gasteiger partial charge >= 0.3 is 0 Å². The standard InChI is InChI=1S/C15H21ClO3/c1-4-18-13-7-11(15(17)10-6-9(10)3)12(16)8-14(13)19-5-2/h7-10,15,17H,4-6H2,1-3H3. The molecule has 19 heavy (non-hydrogen) atoms. The van der Waals surface area contributed by atoms with E-state index in [4.69, 9.17) is 21.1 Å². The zero-order chi connectivity index (χ0) is 14.0. The average Bonchev–Trinajstić information content (AvgIpc) is 3.09. The lowest BCUT2D eigenvalue weighted by Gasteiger charge is -2.17. The molecule has 3 unspecified atom stereocenters. The van der Waals surface area contributed by atoms with E-state index in [9.17, 15) is 5.11 Å². The van der Waals surface area contributed by atoms with E-state index in [1.165, 1.54) is 0 Å². The minimum atomic E-state index is -0.516. The van der Waals surface area contributed by atoms with Gasteiger partial charge in [-0.15, -0.1) is 0 Å². The van der Waals surface area contributed by atoms with E-state index in [2.05, 4.69) is 6.92 Å². The van der Waals surface area contributed by atoms with Gasteiger partial charge in [0.15, 0.2) is 11.5 Å². The molecule has 0 heterocycles. The van der Waals surface area contributed by atoms with E-state index in [0.29, 0.717) is 41.6 Å². The predicted molar refractivity (Wildman–Crippen MR) is 76.0 cm³/mol. The summed E-state index contributed by atoms with van der Waals surface area (Å²) in [5.74, 6) is 2.16. The van der Waals surface area contributed by atoms with E-state index in [0.717, 1.165) is 12.0 Å². The van der Waals surface area contributed by atoms with E-state index >= 15 is 0 Å². The Kier molecular flexibility index (Phi) is 4.58. The molecule has 1 aliphatic rings. The number of hydrogen-bond donors (Lipinski definition) is 1. The lowest BCUT2D eigenvalue weighted by atomic mass is 10.0. The van der Waals surface area contributed by atoms with Crippen LogP contribution >= 0.6 is 11.6 Å². The second kappa shape index (κ2) is 6.02. The van der Waals surface area contributed by atoms with Crippen LogP contribution in [0.3, 0.4) is 0 Å². The van der Waals surface area contributed by atoms with Gasteiger partial charge in [0.1, 0.15) is 0 Å². The first-order chi connectivity index (χ1) is 9.08. The van der Waals surface area contributed by atoms with Crippen LogP contribution in [0.25, 0.3) is 0 Å². The predicted octanol–water partition coefficient (Wildman–Crippen LogP) is 3.83. The van der Waals surface area contributed by atoms with Gasteiger partial charge in [0.25, 0.3) is 0 Å². The summed E-state index contributed by atoms with van der Waals surface area (Å²) in [4.78, 5) is 0. The highest BCUT2D eigenvalue weighted by molar-refractivity contribution is 6.31. The third-order valence-corrected chi connectivity index (χ3v) is 3.89. The van der Waals surface area contributed by atoms with Crippen molar-refractivity contribution in [2.24, 2.45) is 11.8 Å². The van der Waals surface area contributed by atoms with Crippen molar-refractivity contribution < 1.29 is 14.6 Å². The van der Waals surface area contributed by atoms with Gasteiger partial charge in [0.2, 0.25) is 0 Å². The van der Waals surface area contributed by atoms with Crippen LogP contribution in [-0.2, 0) is 0 Å². The number of rotatable bonds is 6. The van der Waals surface area contributed by atoms with Crippen molar-refractivity contribution in [3.05, 3.63) is 22.7 Å². The van der Waals surface area contributed by atoms with Crippen LogP contribution < -0.4 is 9.47 Å². The van der Waals surface area contributed by atoms with Crippen molar-refractivity contribution in [3.8, 4) is 11.5 Å². The van der Waals surface area contributed by atoms with Crippen LogP contribution in [0, 0.1) is 11.8 Å². The Hall–Kier alpha value is -0.930. The van der Waals surface area contributed by atoms with Gasteiger partial charge in [-0.2, -0.15) is 0 Å². The van der Waals surface area contributed by atoms with Crippen molar-refractivity contribution in [2.75, 3.05) is 13.2 Å². The van der Waals surface area contributed by atoms with Gasteiger partial charge in [-0.1, -0.05) is 18.5 Å². The molecule has 1 fully saturated rings. The van der Waals surface area contributed by atoms with E-state index < -0.39 is 6.10 Å². The van der Waals surface area contributed by atoms with Crippen molar-refractivity contribution in [2.45, 2.75) is 33.3 Å². The van der Waals surface area contributed by atoms with Gasteiger partial charge in [0.05, 0.1) is 24.3 Å². The molecule has 0 saturated heterocycles. The molecular formula is C15H21ClO3. The van der Waals surface area contributed by atoms with Crippen LogP contribution in [0.1, 0.15) is 38.9 Å². The zero-order valence-electron chi connectivity index (χ0n) is 11.6. The minimum Gasteiger partial charge on any atom is -0.490 e. The summed E-state index contributed by atoms with van der Waals surface area (Å²) in [6.07, 6.45) is 0.534. The van der Waals surface area contributed by atoms with Crippen LogP contribution in [0.5, 0.6) is 11.5 Å². The highest BCUT2D eigenvalue weighted by Crippen LogP contribution is 2.49. The number of benzene rings is 1. The van der Waals surface area contributed by atoms with E-state index in [1.54, 1.807) is 6.07 Å². The smallest absolute Gasteiger partial charge is 0.162 e. The number of aliphatic hydroxyl groups excluding tert-OH is 1. The number of aliphatic hydroxyl groups is 1. The van der Waals surface area contributed by atoms with Gasteiger partial charge in [0, 0.05) is 11.6 Å². The lowest BCUT2D eigenvalue weighted by molar-refractivity contribution is 0.147. The maximum atomic E-state index is 10.3. The van der Waals surface area contributed by atoms with Crippen molar-refractivity contribution in [1.29, 1.82) is 0 Å². The molecule has 1 N–H and O–H groups in total. The maximum Gasteiger partial charge on any atom is 0.162 e. The first kappa shape index (κ1) is 14.5. The summed E-state index contributed by atoms with van der Waals surface area (Å²) in [5.41, 5.74) is 0.739. The third kappa shape index (κ3) is 3.15. The second-order valence-corrected chi connectivity index (χ2v) is 5.42. The van der Waals surface area contributed by atoms with E-state index in [-0.39, 0.29) is 0 Å². The molecule has 0 bridgehead atoms. The zero-order valence-corrected chi connectivity index (χ0v) is 12.4. The molecule has 106 valence electrons. The van der Waals surface area contributed by atoms with Gasteiger partial charge in [-0.25, -0.2) is 0 Å². The highest BCUT2D eigenvalue weighted by atomic mass is 35.5. The number of ether oxygens (including phenoxy) is 2. The first-order valence-electron chi connectivity index (χ1n) is 6.85. The van der Waals surface area contributed by atoms with E-state index in [1.807, 2.05) is 19.9 Å². The summed E-state index contributed by atoms with van der Waals surface area (Å²) in [7, 11) is 0. The molecule has 1 aliphatic carbocycles. The van der Waals surface area contributed by atoms with Crippen molar-refractivity contribution in [3.63, 3.8) is 0 Å². The molecule has 0 aliphatic heterocycles. The largest absolute Gasteiger partial charge is 0.490 e. The first-order valence-corrected chi connectivity index (χ1v) is 7.23. The number of halogens is 1. The summed E-state index contributed by atoms with van der Waals surface area (Å²) in [6, 6.07) is 3.55. The minimum absolute atomic E-state index is 0.310. The SMILES string of the molecule is CCOc1cc(Cl)c(C(O)C2CC2C)cc1OCC. The normalized spacial score (nSPS) is 23.0. The molecule has 1 aromatic carbocycles. The van der Waals surface area contributed by atoms with Crippen LogP contribution in [0.15, 0.2) is 12.1 Å². The van der Waals surface area contributed by atoms with Gasteiger partial charge in [-0.3, -0.25) is 0 Å². The third-order valence-electron chi connectivity index (χ3n) is 3.56. The second-order valence-electron chi connectivity index (χ2n) is 5.01. The fraction of sp³-hybridized carbons (Fsp3) is 0.600. The molecule has 0 aromatic heterocycles. The van der Waals surface area contributed by atoms with Crippen LogP contribution in [-0.4, -0.2) is 18.3 Å². The Morgan fingerprint density at radius 1 is 1.26 bits per heavy atom. The monoisotopic (exact) mass is 284 g/mol. The Morgan fingerprint density at radius 3 is 2.26 bits per heavy atom. The molecule has 4 heteroatoms. The summed E-state index contributed by atoms with van der Waals surface area (Å²) in [5, 5.41) is 10.9. The fourth-order valence-electron chi connectivity index (χ4n) is 2.34. The molecule has 1 aromatic rings. The summed E-state index contributed by atoms with van der Waals surface area (Å²) in [6.45, 7) is 7.08. The summed E-state index contributed by atoms with van der Waals surface area (Å²) >= 11 is 6.26. The molecule has 1 saturated carbocycles. The molecule has 2 rings (SSSR count). The Morgan fingerprint density at radius 2 is 1.79 bits per heavy atom. The highest BCUT2D eigenvalue weighted by Gasteiger charge is 2.40. The Bertz CT molecular complexity index is 447. The molecule has 0 radical (unpaired) electrons. The van der Waals surface area contributed by atoms with Crippen LogP contribution in [0.2, 0.25) is 5.02 Å². The molecule has 0 amide bonds. The molecule has 0 spiro atoms. The fourth-order valence-corrected chi connectivity index (χ4v) is 2.60. The molecule has 3 nitrogen and oxygen atoms in total. The topological polar surface area (TPSA) is 38.7 Å². The molecular weight excluding hydrogens is 264 g/mol. The number of hydrogen-bond acceptors (Lipinski definition) is 3. The van der Waals surface area contributed by atoms with Gasteiger partial charge < -0.3 is 14.6 Å². The molecule has 3 atom stereocenters. The summed E-state index contributed by atoms with van der Waals surface area (Å²) < 4.78 is 11.1. The van der Waals surface area contributed by atoms with Crippen molar-refractivity contribution >= 4 is 11.6 Å². The maximum absolute atomic E-state index is 10.3. The Labute approximate surface area is 119 Å². The van der Waals surface area contributed by atoms with Crippen molar-refractivity contribution in [1.82, 2.24) is 0 Å². The van der Waals surface area contributed by atoms with Gasteiger partial charge in [-0.05, 0) is 38.2 Å². The Balaban J connectivity index is 2.30. The average molecular weight is 285 g/mol. The van der Waals surface area contributed by atoms with Crippen LogP contribution in [0.4, 0.5) is 0 Å².